The average molecular weight is 590 g/mol. The average Bonchev–Trinajstić information content (AvgIpc) is 2.84. The van der Waals surface area contributed by atoms with Crippen LogP contribution in [-0.4, -0.2) is 65.5 Å². The van der Waals surface area contributed by atoms with E-state index in [1.54, 1.807) is 0 Å². The number of hydrogen-bond acceptors (Lipinski definition) is 7. The summed E-state index contributed by atoms with van der Waals surface area (Å²) in [6, 6.07) is 9.03. The van der Waals surface area contributed by atoms with Crippen molar-refractivity contribution in [2.75, 3.05) is 44.1 Å². The lowest BCUT2D eigenvalue weighted by Gasteiger charge is -2.44. The highest BCUT2D eigenvalue weighted by atomic mass is 35.5. The highest BCUT2D eigenvalue weighted by molar-refractivity contribution is 6.42. The van der Waals surface area contributed by atoms with Gasteiger partial charge in [-0.3, -0.25) is 14.5 Å². The van der Waals surface area contributed by atoms with Crippen LogP contribution < -0.4 is 15.0 Å². The Hall–Kier alpha value is -3.11. The van der Waals surface area contributed by atoms with E-state index in [2.05, 4.69) is 29.1 Å². The second-order valence-corrected chi connectivity index (χ2v) is 11.5. The molecule has 0 spiro atoms. The van der Waals surface area contributed by atoms with E-state index in [1.165, 1.54) is 23.2 Å². The summed E-state index contributed by atoms with van der Waals surface area (Å²) in [4.78, 5) is 39.9. The van der Waals surface area contributed by atoms with Crippen LogP contribution in [0.2, 0.25) is 15.1 Å². The van der Waals surface area contributed by atoms with Crippen molar-refractivity contribution >= 4 is 63.9 Å². The Morgan fingerprint density at radius 1 is 1.15 bits per heavy atom. The number of ether oxygens (including phenoxy) is 1. The van der Waals surface area contributed by atoms with Crippen LogP contribution in [0.3, 0.4) is 0 Å². The molecule has 0 bridgehead atoms. The number of aromatic nitrogens is 2. The number of carbonyl (C=O) groups is 2. The van der Waals surface area contributed by atoms with E-state index in [0.29, 0.717) is 23.8 Å². The number of nitrogens with zero attached hydrogens (tertiary/aromatic N) is 5. The summed E-state index contributed by atoms with van der Waals surface area (Å²) < 4.78 is 5.78. The van der Waals surface area contributed by atoms with Crippen molar-refractivity contribution in [3.8, 4) is 5.88 Å². The fraction of sp³-hybridized carbons (Fsp3) is 0.333. The van der Waals surface area contributed by atoms with Crippen molar-refractivity contribution in [3.63, 3.8) is 0 Å². The smallest absolute Gasteiger partial charge is 0.268 e. The maximum Gasteiger partial charge on any atom is 0.268 e. The zero-order valence-corrected chi connectivity index (χ0v) is 24.2. The summed E-state index contributed by atoms with van der Waals surface area (Å²) >= 11 is 18.6. The Morgan fingerprint density at radius 2 is 1.87 bits per heavy atom. The number of carbonyl (C=O) groups excluding carboxylic acids is 2. The molecule has 2 aliphatic heterocycles. The Balaban J connectivity index is 1.35. The summed E-state index contributed by atoms with van der Waals surface area (Å²) in [5, 5.41) is 4.02. The molecule has 0 saturated carbocycles. The van der Waals surface area contributed by atoms with Crippen molar-refractivity contribution in [2.24, 2.45) is 0 Å². The molecule has 1 aromatic heterocycles. The second kappa shape index (κ2) is 10.5. The van der Waals surface area contributed by atoms with Crippen molar-refractivity contribution in [1.29, 1.82) is 0 Å². The largest absolute Gasteiger partial charge is 0.455 e. The molecule has 1 N–H and O–H groups in total. The van der Waals surface area contributed by atoms with Crippen LogP contribution in [0.1, 0.15) is 35.3 Å². The summed E-state index contributed by atoms with van der Waals surface area (Å²) in [6.45, 7) is 5.02. The molecule has 39 heavy (non-hydrogen) atoms. The second-order valence-electron chi connectivity index (χ2n) is 10.2. The normalized spacial score (nSPS) is 16.1. The molecular formula is C27H27Cl3N6O3. The predicted molar refractivity (Wildman–Crippen MR) is 153 cm³/mol. The van der Waals surface area contributed by atoms with E-state index in [0.717, 1.165) is 23.2 Å². The highest BCUT2D eigenvalue weighted by Gasteiger charge is 2.37. The van der Waals surface area contributed by atoms with Gasteiger partial charge in [0.15, 0.2) is 6.73 Å². The number of likely N-dealkylation sites (N-methyl/N-ethyl adjacent to an activating group) is 1. The third kappa shape index (κ3) is 5.24. The van der Waals surface area contributed by atoms with Crippen molar-refractivity contribution < 1.29 is 14.3 Å². The quantitative estimate of drug-likeness (QED) is 0.429. The minimum Gasteiger partial charge on any atom is -0.455 e. The van der Waals surface area contributed by atoms with Gasteiger partial charge >= 0.3 is 0 Å². The first-order chi connectivity index (χ1) is 18.5. The van der Waals surface area contributed by atoms with Crippen LogP contribution in [-0.2, 0) is 16.8 Å². The lowest BCUT2D eigenvalue weighted by molar-refractivity contribution is -0.138. The van der Waals surface area contributed by atoms with Crippen LogP contribution in [0.4, 0.5) is 17.3 Å². The molecule has 0 unspecified atom stereocenters. The summed E-state index contributed by atoms with van der Waals surface area (Å²) in [5.74, 6) is 0.159. The van der Waals surface area contributed by atoms with Crippen molar-refractivity contribution in [1.82, 2.24) is 19.8 Å². The van der Waals surface area contributed by atoms with E-state index >= 15 is 0 Å². The molecule has 0 atom stereocenters. The van der Waals surface area contributed by atoms with Crippen LogP contribution in [0, 0.1) is 0 Å². The molecule has 0 saturated heterocycles. The fourth-order valence-electron chi connectivity index (χ4n) is 5.03. The lowest BCUT2D eigenvalue weighted by Crippen LogP contribution is -2.52. The van der Waals surface area contributed by atoms with E-state index in [9.17, 15) is 9.59 Å². The molecular weight excluding hydrogens is 563 g/mol. The number of benzene rings is 2. The van der Waals surface area contributed by atoms with Gasteiger partial charge in [-0.2, -0.15) is 4.98 Å². The van der Waals surface area contributed by atoms with Crippen LogP contribution in [0.15, 0.2) is 36.5 Å². The zero-order valence-electron chi connectivity index (χ0n) is 21.9. The van der Waals surface area contributed by atoms with Gasteiger partial charge in [0.25, 0.3) is 5.91 Å². The standard InChI is InChI=1S/C27H27Cl3N6O3/c1-27(2)19-6-5-17(9-15(19)7-8-36(27)22(37)13-34(3)4)32-26-31-12-18-24(33-26)39-14-35(25(18)38)23-20(29)10-16(28)11-21(23)30/h5-6,9-12H,7-8,13-14H2,1-4H3,(H,31,32,33). The number of anilines is 3. The van der Waals surface area contributed by atoms with Gasteiger partial charge in [0.1, 0.15) is 5.56 Å². The Morgan fingerprint density at radius 3 is 2.56 bits per heavy atom. The maximum absolute atomic E-state index is 13.2. The molecule has 5 rings (SSSR count). The summed E-state index contributed by atoms with van der Waals surface area (Å²) in [6.07, 6.45) is 2.15. The van der Waals surface area contributed by atoms with Crippen LogP contribution in [0.5, 0.6) is 5.88 Å². The van der Waals surface area contributed by atoms with Gasteiger partial charge in [-0.25, -0.2) is 4.98 Å². The molecule has 0 aliphatic carbocycles. The SMILES string of the molecule is CN(C)CC(=O)N1CCc2cc(Nc3ncc4c(n3)OCN(c3c(Cl)cc(Cl)cc3Cl)C4=O)ccc2C1(C)C. The number of amides is 2. The molecule has 2 aromatic carbocycles. The molecule has 3 aromatic rings. The predicted octanol–water partition coefficient (Wildman–Crippen LogP) is 5.36. The minimum atomic E-state index is -0.433. The van der Waals surface area contributed by atoms with Gasteiger partial charge < -0.3 is 19.9 Å². The highest BCUT2D eigenvalue weighted by Crippen LogP contribution is 2.40. The molecule has 3 heterocycles. The van der Waals surface area contributed by atoms with Gasteiger partial charge in [-0.15, -0.1) is 0 Å². The van der Waals surface area contributed by atoms with Crippen molar-refractivity contribution in [2.45, 2.75) is 25.8 Å². The number of hydrogen-bond donors (Lipinski definition) is 1. The van der Waals surface area contributed by atoms with E-state index in [4.69, 9.17) is 39.5 Å². The number of fused-ring (bicyclic) bond motifs is 2. The number of rotatable bonds is 5. The van der Waals surface area contributed by atoms with Crippen molar-refractivity contribution in [3.05, 3.63) is 68.3 Å². The first-order valence-corrected chi connectivity index (χ1v) is 13.4. The monoisotopic (exact) mass is 588 g/mol. The lowest BCUT2D eigenvalue weighted by atomic mass is 9.83. The Kier molecular flexibility index (Phi) is 7.37. The Bertz CT molecular complexity index is 1460. The molecule has 9 nitrogen and oxygen atoms in total. The minimum absolute atomic E-state index is 0.106. The van der Waals surface area contributed by atoms with Gasteiger partial charge in [-0.05, 0) is 69.8 Å². The number of halogens is 3. The van der Waals surface area contributed by atoms with E-state index < -0.39 is 11.4 Å². The number of nitrogens with one attached hydrogen (secondary N) is 1. The first kappa shape index (κ1) is 27.5. The van der Waals surface area contributed by atoms with Crippen LogP contribution >= 0.6 is 34.8 Å². The van der Waals surface area contributed by atoms with Gasteiger partial charge in [-0.1, -0.05) is 40.9 Å². The third-order valence-electron chi connectivity index (χ3n) is 6.86. The maximum atomic E-state index is 13.2. The summed E-state index contributed by atoms with van der Waals surface area (Å²) in [7, 11) is 3.79. The Labute approximate surface area is 241 Å². The molecule has 2 amide bonds. The molecule has 0 radical (unpaired) electrons. The molecule has 12 heteroatoms. The molecule has 204 valence electrons. The third-order valence-corrected chi connectivity index (χ3v) is 7.66. The van der Waals surface area contributed by atoms with Gasteiger partial charge in [0, 0.05) is 23.5 Å². The molecule has 2 aliphatic rings. The van der Waals surface area contributed by atoms with E-state index in [-0.39, 0.29) is 40.1 Å². The van der Waals surface area contributed by atoms with Crippen LogP contribution in [0.25, 0.3) is 0 Å². The van der Waals surface area contributed by atoms with E-state index in [1.807, 2.05) is 42.1 Å². The van der Waals surface area contributed by atoms with Gasteiger partial charge in [0.05, 0.1) is 27.8 Å². The topological polar surface area (TPSA) is 90.9 Å². The van der Waals surface area contributed by atoms with Gasteiger partial charge in [0.2, 0.25) is 17.7 Å². The fourth-order valence-corrected chi connectivity index (χ4v) is 6.05. The first-order valence-electron chi connectivity index (χ1n) is 12.3. The summed E-state index contributed by atoms with van der Waals surface area (Å²) in [5.41, 5.74) is 3.10. The molecule has 0 fully saturated rings. The zero-order chi connectivity index (χ0) is 28.1.